The minimum Gasteiger partial charge on any atom is -0.387 e. The van der Waals surface area contributed by atoms with Crippen LogP contribution in [0.2, 0.25) is 0 Å². The molecule has 1 aromatic carbocycles. The fourth-order valence-electron chi connectivity index (χ4n) is 2.21. The maximum atomic E-state index is 12.1. The number of nitrogens with zero attached hydrogens (tertiary/aromatic N) is 1. The minimum atomic E-state index is -3.27. The van der Waals surface area contributed by atoms with Crippen molar-refractivity contribution >= 4 is 10.0 Å². The topological polar surface area (TPSA) is 57.6 Å². The van der Waals surface area contributed by atoms with E-state index in [1.165, 1.54) is 4.31 Å². The van der Waals surface area contributed by atoms with E-state index >= 15 is 0 Å². The van der Waals surface area contributed by atoms with Crippen molar-refractivity contribution in [3.8, 4) is 0 Å². The van der Waals surface area contributed by atoms with Crippen molar-refractivity contribution in [1.82, 2.24) is 4.31 Å². The SMILES string of the molecule is CC(CS(=O)(=O)N1CC(C)(O)C1)c1ccccc1. The van der Waals surface area contributed by atoms with Gasteiger partial charge in [-0.15, -0.1) is 0 Å². The summed E-state index contributed by atoms with van der Waals surface area (Å²) in [7, 11) is -3.27. The van der Waals surface area contributed by atoms with Gasteiger partial charge in [-0.1, -0.05) is 37.3 Å². The second kappa shape index (κ2) is 4.64. The molecule has 0 aromatic heterocycles. The molecule has 1 atom stereocenters. The van der Waals surface area contributed by atoms with Crippen molar-refractivity contribution in [1.29, 1.82) is 0 Å². The predicted octanol–water partition coefficient (Wildman–Crippen LogP) is 1.19. The van der Waals surface area contributed by atoms with Gasteiger partial charge in [0.2, 0.25) is 10.0 Å². The molecule has 1 saturated heterocycles. The van der Waals surface area contributed by atoms with Crippen LogP contribution in [0.25, 0.3) is 0 Å². The van der Waals surface area contributed by atoms with E-state index in [2.05, 4.69) is 0 Å². The Morgan fingerprint density at radius 2 is 1.89 bits per heavy atom. The summed E-state index contributed by atoms with van der Waals surface area (Å²) in [6, 6.07) is 9.61. The van der Waals surface area contributed by atoms with Gasteiger partial charge in [0.05, 0.1) is 11.4 Å². The quantitative estimate of drug-likeness (QED) is 0.893. The molecule has 18 heavy (non-hydrogen) atoms. The Morgan fingerprint density at radius 3 is 2.39 bits per heavy atom. The average molecular weight is 269 g/mol. The lowest BCUT2D eigenvalue weighted by Gasteiger charge is -2.43. The van der Waals surface area contributed by atoms with Crippen LogP contribution in [0.3, 0.4) is 0 Å². The van der Waals surface area contributed by atoms with Crippen LogP contribution in [-0.2, 0) is 10.0 Å². The molecule has 1 heterocycles. The summed E-state index contributed by atoms with van der Waals surface area (Å²) in [5, 5.41) is 9.59. The van der Waals surface area contributed by atoms with E-state index in [-0.39, 0.29) is 24.8 Å². The molecule has 2 rings (SSSR count). The van der Waals surface area contributed by atoms with Gasteiger partial charge < -0.3 is 5.11 Å². The van der Waals surface area contributed by atoms with Gasteiger partial charge >= 0.3 is 0 Å². The number of sulfonamides is 1. The van der Waals surface area contributed by atoms with Gasteiger partial charge in [0, 0.05) is 13.1 Å². The van der Waals surface area contributed by atoms with Gasteiger partial charge in [-0.05, 0) is 18.4 Å². The number of β-amino-alcohol motifs (C(OH)–C–C–N with tert-alkyl or cyclic N) is 1. The van der Waals surface area contributed by atoms with Crippen LogP contribution in [0.15, 0.2) is 30.3 Å². The molecule has 0 saturated carbocycles. The van der Waals surface area contributed by atoms with Gasteiger partial charge in [0.1, 0.15) is 0 Å². The highest BCUT2D eigenvalue weighted by molar-refractivity contribution is 7.89. The third-order valence-electron chi connectivity index (χ3n) is 3.26. The fourth-order valence-corrected chi connectivity index (χ4v) is 4.19. The Kier molecular flexibility index (Phi) is 3.49. The molecule has 0 amide bonds. The zero-order chi connectivity index (χ0) is 13.4. The Bertz CT molecular complexity index is 502. The molecule has 4 nitrogen and oxygen atoms in total. The molecule has 1 N–H and O–H groups in total. The second-order valence-electron chi connectivity index (χ2n) is 5.36. The van der Waals surface area contributed by atoms with E-state index in [0.717, 1.165) is 5.56 Å². The van der Waals surface area contributed by atoms with Crippen LogP contribution in [0, 0.1) is 0 Å². The van der Waals surface area contributed by atoms with Gasteiger partial charge in [-0.2, -0.15) is 4.31 Å². The number of aliphatic hydroxyl groups is 1. The van der Waals surface area contributed by atoms with Crippen LogP contribution in [0.4, 0.5) is 0 Å². The van der Waals surface area contributed by atoms with E-state index in [4.69, 9.17) is 0 Å². The number of benzene rings is 1. The second-order valence-corrected chi connectivity index (χ2v) is 7.37. The maximum Gasteiger partial charge on any atom is 0.214 e. The Hall–Kier alpha value is -0.910. The molecule has 5 heteroatoms. The summed E-state index contributed by atoms with van der Waals surface area (Å²) in [6.45, 7) is 3.97. The molecular weight excluding hydrogens is 250 g/mol. The summed E-state index contributed by atoms with van der Waals surface area (Å²) in [4.78, 5) is 0. The lowest BCUT2D eigenvalue weighted by atomic mass is 10.0. The van der Waals surface area contributed by atoms with Gasteiger partial charge in [0.15, 0.2) is 0 Å². The monoisotopic (exact) mass is 269 g/mol. The van der Waals surface area contributed by atoms with Crippen LogP contribution < -0.4 is 0 Å². The largest absolute Gasteiger partial charge is 0.387 e. The standard InChI is InChI=1S/C13H19NO3S/c1-11(12-6-4-3-5-7-12)8-18(16,17)14-9-13(2,15)10-14/h3-7,11,15H,8-10H2,1-2H3. The molecule has 1 unspecified atom stereocenters. The lowest BCUT2D eigenvalue weighted by Crippen LogP contribution is -2.62. The fraction of sp³-hybridized carbons (Fsp3) is 0.538. The van der Waals surface area contributed by atoms with E-state index < -0.39 is 15.6 Å². The smallest absolute Gasteiger partial charge is 0.214 e. The third kappa shape index (κ3) is 2.91. The molecule has 1 aromatic rings. The van der Waals surface area contributed by atoms with Gasteiger partial charge in [-0.3, -0.25) is 0 Å². The molecule has 100 valence electrons. The van der Waals surface area contributed by atoms with E-state index in [1.54, 1.807) is 6.92 Å². The van der Waals surface area contributed by atoms with Crippen LogP contribution >= 0.6 is 0 Å². The first kappa shape index (κ1) is 13.5. The minimum absolute atomic E-state index is 0.0400. The van der Waals surface area contributed by atoms with Crippen LogP contribution in [0.1, 0.15) is 25.3 Å². The lowest BCUT2D eigenvalue weighted by molar-refractivity contribution is -0.0426. The van der Waals surface area contributed by atoms with Gasteiger partial charge in [0.25, 0.3) is 0 Å². The number of rotatable bonds is 4. The normalized spacial score (nSPS) is 21.3. The van der Waals surface area contributed by atoms with Crippen molar-refractivity contribution in [3.63, 3.8) is 0 Å². The van der Waals surface area contributed by atoms with Crippen LogP contribution in [0.5, 0.6) is 0 Å². The third-order valence-corrected chi connectivity index (χ3v) is 5.22. The number of hydrogen-bond acceptors (Lipinski definition) is 3. The average Bonchev–Trinajstić information content (AvgIpc) is 2.26. The summed E-state index contributed by atoms with van der Waals surface area (Å²) in [6.07, 6.45) is 0. The first-order chi connectivity index (χ1) is 8.30. The molecule has 0 spiro atoms. The highest BCUT2D eigenvalue weighted by atomic mass is 32.2. The Morgan fingerprint density at radius 1 is 1.33 bits per heavy atom. The van der Waals surface area contributed by atoms with Crippen molar-refractivity contribution in [2.45, 2.75) is 25.4 Å². The zero-order valence-electron chi connectivity index (χ0n) is 10.7. The summed E-state index contributed by atoms with van der Waals surface area (Å²) >= 11 is 0. The van der Waals surface area contributed by atoms with Gasteiger partial charge in [-0.25, -0.2) is 8.42 Å². The molecule has 1 fully saturated rings. The Balaban J connectivity index is 2.01. The van der Waals surface area contributed by atoms with Crippen molar-refractivity contribution in [2.75, 3.05) is 18.8 Å². The van der Waals surface area contributed by atoms with Crippen molar-refractivity contribution < 1.29 is 13.5 Å². The molecular formula is C13H19NO3S. The molecule has 1 aliphatic rings. The Labute approximate surface area is 108 Å². The van der Waals surface area contributed by atoms with Crippen molar-refractivity contribution in [2.24, 2.45) is 0 Å². The summed E-state index contributed by atoms with van der Waals surface area (Å²) < 4.78 is 25.6. The molecule has 0 radical (unpaired) electrons. The molecule has 0 bridgehead atoms. The molecule has 0 aliphatic carbocycles. The summed E-state index contributed by atoms with van der Waals surface area (Å²) in [5.74, 6) is 0.0503. The van der Waals surface area contributed by atoms with Crippen LogP contribution in [-0.4, -0.2) is 42.3 Å². The predicted molar refractivity (Wildman–Crippen MR) is 70.8 cm³/mol. The summed E-state index contributed by atoms with van der Waals surface area (Å²) in [5.41, 5.74) is 0.164. The first-order valence-electron chi connectivity index (χ1n) is 6.05. The van der Waals surface area contributed by atoms with Crippen molar-refractivity contribution in [3.05, 3.63) is 35.9 Å². The maximum absolute atomic E-state index is 12.1. The highest BCUT2D eigenvalue weighted by Crippen LogP contribution is 2.26. The van der Waals surface area contributed by atoms with E-state index in [9.17, 15) is 13.5 Å². The highest BCUT2D eigenvalue weighted by Gasteiger charge is 2.43. The number of hydrogen-bond donors (Lipinski definition) is 1. The van der Waals surface area contributed by atoms with E-state index in [0.29, 0.717) is 0 Å². The molecule has 1 aliphatic heterocycles. The van der Waals surface area contributed by atoms with E-state index in [1.807, 2.05) is 37.3 Å². The first-order valence-corrected chi connectivity index (χ1v) is 7.66. The zero-order valence-corrected chi connectivity index (χ0v) is 11.5.